The van der Waals surface area contributed by atoms with Gasteiger partial charge < -0.3 is 5.73 Å². The highest BCUT2D eigenvalue weighted by Gasteiger charge is 2.26. The van der Waals surface area contributed by atoms with Crippen molar-refractivity contribution in [2.75, 3.05) is 5.73 Å². The maximum Gasteiger partial charge on any atom is 0.240 e. The summed E-state index contributed by atoms with van der Waals surface area (Å²) < 4.78 is 27.3. The number of nitrogen functional groups attached to an aromatic ring is 1. The molecule has 5 heteroatoms. The van der Waals surface area contributed by atoms with E-state index in [1.54, 1.807) is 18.2 Å². The molecule has 0 radical (unpaired) electrons. The Labute approximate surface area is 109 Å². The second-order valence-electron chi connectivity index (χ2n) is 5.06. The molecule has 2 rings (SSSR count). The van der Waals surface area contributed by atoms with Gasteiger partial charge in [0.05, 0.1) is 4.90 Å². The Hall–Kier alpha value is -1.07. The van der Waals surface area contributed by atoms with Crippen molar-refractivity contribution in [1.82, 2.24) is 4.72 Å². The van der Waals surface area contributed by atoms with E-state index in [1.807, 2.05) is 0 Å². The van der Waals surface area contributed by atoms with Crippen molar-refractivity contribution < 1.29 is 8.42 Å². The number of sulfonamides is 1. The summed E-state index contributed by atoms with van der Waals surface area (Å²) in [5.41, 5.74) is 6.09. The van der Waals surface area contributed by atoms with Crippen LogP contribution < -0.4 is 10.5 Å². The number of nitrogens with two attached hydrogens (primary N) is 1. The highest BCUT2D eigenvalue weighted by atomic mass is 32.2. The first kappa shape index (κ1) is 13.4. The van der Waals surface area contributed by atoms with Crippen LogP contribution in [0.1, 0.15) is 32.6 Å². The van der Waals surface area contributed by atoms with Gasteiger partial charge in [0.2, 0.25) is 10.0 Å². The third kappa shape index (κ3) is 3.03. The number of anilines is 1. The Morgan fingerprint density at radius 3 is 2.67 bits per heavy atom. The molecule has 1 aliphatic rings. The zero-order chi connectivity index (χ0) is 13.2. The van der Waals surface area contributed by atoms with Crippen LogP contribution in [0.3, 0.4) is 0 Å². The van der Waals surface area contributed by atoms with Crippen molar-refractivity contribution in [2.45, 2.75) is 43.5 Å². The Kier molecular flexibility index (Phi) is 3.92. The van der Waals surface area contributed by atoms with E-state index in [2.05, 4.69) is 11.6 Å². The highest BCUT2D eigenvalue weighted by molar-refractivity contribution is 7.89. The van der Waals surface area contributed by atoms with Gasteiger partial charge in [-0.05, 0) is 37.0 Å². The van der Waals surface area contributed by atoms with Crippen LogP contribution in [0.5, 0.6) is 0 Å². The van der Waals surface area contributed by atoms with E-state index in [4.69, 9.17) is 5.73 Å². The van der Waals surface area contributed by atoms with E-state index in [0.29, 0.717) is 11.6 Å². The van der Waals surface area contributed by atoms with E-state index in [-0.39, 0.29) is 10.9 Å². The number of hydrogen-bond donors (Lipinski definition) is 2. The molecular weight excluding hydrogens is 248 g/mol. The predicted octanol–water partition coefficient (Wildman–Crippen LogP) is 2.13. The number of rotatable bonds is 3. The number of hydrogen-bond acceptors (Lipinski definition) is 3. The number of nitrogens with one attached hydrogen (secondary N) is 1. The molecule has 18 heavy (non-hydrogen) atoms. The molecular formula is C13H20N2O2S. The molecule has 0 bridgehead atoms. The van der Waals surface area contributed by atoms with Crippen molar-refractivity contribution in [2.24, 2.45) is 5.92 Å². The lowest BCUT2D eigenvalue weighted by Gasteiger charge is -2.29. The lowest BCUT2D eigenvalue weighted by Crippen LogP contribution is -2.40. The van der Waals surface area contributed by atoms with Gasteiger partial charge in [-0.3, -0.25) is 0 Å². The second kappa shape index (κ2) is 5.28. The molecule has 1 fully saturated rings. The Morgan fingerprint density at radius 2 is 2.00 bits per heavy atom. The fraction of sp³-hybridized carbons (Fsp3) is 0.538. The Morgan fingerprint density at radius 1 is 1.28 bits per heavy atom. The van der Waals surface area contributed by atoms with Crippen LogP contribution in [0.4, 0.5) is 5.69 Å². The quantitative estimate of drug-likeness (QED) is 0.825. The third-order valence-electron chi connectivity index (χ3n) is 3.59. The summed E-state index contributed by atoms with van der Waals surface area (Å²) in [7, 11) is -3.45. The summed E-state index contributed by atoms with van der Waals surface area (Å²) in [6.07, 6.45) is 4.29. The molecule has 2 unspecified atom stereocenters. The normalized spacial score (nSPS) is 24.9. The molecule has 2 atom stereocenters. The van der Waals surface area contributed by atoms with E-state index in [9.17, 15) is 8.42 Å². The van der Waals surface area contributed by atoms with Crippen molar-refractivity contribution in [1.29, 1.82) is 0 Å². The molecule has 100 valence electrons. The van der Waals surface area contributed by atoms with Crippen LogP contribution in [-0.2, 0) is 10.0 Å². The average molecular weight is 268 g/mol. The molecule has 1 aromatic rings. The molecule has 0 aliphatic heterocycles. The van der Waals surface area contributed by atoms with Gasteiger partial charge in [-0.25, -0.2) is 13.1 Å². The molecule has 1 aliphatic carbocycles. The lowest BCUT2D eigenvalue weighted by atomic mass is 9.87. The van der Waals surface area contributed by atoms with Crippen LogP contribution in [-0.4, -0.2) is 14.5 Å². The van der Waals surface area contributed by atoms with Crippen LogP contribution in [0.15, 0.2) is 29.2 Å². The fourth-order valence-electron chi connectivity index (χ4n) is 2.44. The van der Waals surface area contributed by atoms with Crippen molar-refractivity contribution in [3.05, 3.63) is 24.3 Å². The minimum atomic E-state index is -3.45. The first-order chi connectivity index (χ1) is 8.49. The van der Waals surface area contributed by atoms with E-state index in [0.717, 1.165) is 19.3 Å². The topological polar surface area (TPSA) is 72.2 Å². The summed E-state index contributed by atoms with van der Waals surface area (Å²) in [4.78, 5) is 0.250. The molecule has 1 saturated carbocycles. The van der Waals surface area contributed by atoms with Crippen LogP contribution in [0.25, 0.3) is 0 Å². The van der Waals surface area contributed by atoms with Crippen molar-refractivity contribution >= 4 is 15.7 Å². The molecule has 0 aromatic heterocycles. The van der Waals surface area contributed by atoms with Gasteiger partial charge >= 0.3 is 0 Å². The summed E-state index contributed by atoms with van der Waals surface area (Å²) in [6, 6.07) is 6.46. The minimum Gasteiger partial charge on any atom is -0.399 e. The molecule has 0 amide bonds. The molecule has 1 aromatic carbocycles. The standard InChI is InChI=1S/C13H20N2O2S/c1-10-5-2-3-8-13(10)15-18(16,17)12-7-4-6-11(14)9-12/h4,6-7,9-10,13,15H,2-3,5,8,14H2,1H3. The van der Waals surface area contributed by atoms with Gasteiger partial charge in [0.15, 0.2) is 0 Å². The minimum absolute atomic E-state index is 0.0465. The van der Waals surface area contributed by atoms with Gasteiger partial charge in [-0.15, -0.1) is 0 Å². The summed E-state index contributed by atoms with van der Waals surface area (Å²) in [5, 5.41) is 0. The first-order valence-corrected chi connectivity index (χ1v) is 7.85. The van der Waals surface area contributed by atoms with Gasteiger partial charge in [0, 0.05) is 11.7 Å². The molecule has 0 saturated heterocycles. The number of benzene rings is 1. The zero-order valence-corrected chi connectivity index (χ0v) is 11.4. The second-order valence-corrected chi connectivity index (χ2v) is 6.78. The van der Waals surface area contributed by atoms with E-state index < -0.39 is 10.0 Å². The highest BCUT2D eigenvalue weighted by Crippen LogP contribution is 2.25. The lowest BCUT2D eigenvalue weighted by molar-refractivity contribution is 0.310. The van der Waals surface area contributed by atoms with Gasteiger partial charge in [0.1, 0.15) is 0 Å². The summed E-state index contributed by atoms with van der Waals surface area (Å²) in [6.45, 7) is 2.10. The van der Waals surface area contributed by atoms with Crippen LogP contribution in [0, 0.1) is 5.92 Å². The van der Waals surface area contributed by atoms with Gasteiger partial charge in [0.25, 0.3) is 0 Å². The summed E-state index contributed by atoms with van der Waals surface area (Å²) in [5.74, 6) is 0.398. The zero-order valence-electron chi connectivity index (χ0n) is 10.6. The molecule has 0 heterocycles. The first-order valence-electron chi connectivity index (χ1n) is 6.37. The Balaban J connectivity index is 2.16. The summed E-state index contributed by atoms with van der Waals surface area (Å²) >= 11 is 0. The smallest absolute Gasteiger partial charge is 0.240 e. The van der Waals surface area contributed by atoms with Crippen LogP contribution in [0.2, 0.25) is 0 Å². The van der Waals surface area contributed by atoms with Gasteiger partial charge in [-0.2, -0.15) is 0 Å². The molecule has 4 nitrogen and oxygen atoms in total. The predicted molar refractivity (Wildman–Crippen MR) is 72.6 cm³/mol. The van der Waals surface area contributed by atoms with Crippen LogP contribution >= 0.6 is 0 Å². The fourth-order valence-corrected chi connectivity index (χ4v) is 3.87. The van der Waals surface area contributed by atoms with Crippen molar-refractivity contribution in [3.8, 4) is 0 Å². The maximum absolute atomic E-state index is 12.2. The third-order valence-corrected chi connectivity index (χ3v) is 5.07. The largest absolute Gasteiger partial charge is 0.399 e. The Bertz CT molecular complexity index is 513. The van der Waals surface area contributed by atoms with E-state index in [1.165, 1.54) is 12.5 Å². The SMILES string of the molecule is CC1CCCCC1NS(=O)(=O)c1cccc(N)c1. The maximum atomic E-state index is 12.2. The van der Waals surface area contributed by atoms with Gasteiger partial charge in [-0.1, -0.05) is 25.8 Å². The van der Waals surface area contributed by atoms with E-state index >= 15 is 0 Å². The molecule has 0 spiro atoms. The van der Waals surface area contributed by atoms with Crippen molar-refractivity contribution in [3.63, 3.8) is 0 Å². The monoisotopic (exact) mass is 268 g/mol. The average Bonchev–Trinajstić information content (AvgIpc) is 2.32. The molecule has 3 N–H and O–H groups in total.